The highest BCUT2D eigenvalue weighted by atomic mass is 79.9. The highest BCUT2D eigenvalue weighted by molar-refractivity contribution is 9.10. The third-order valence-electron chi connectivity index (χ3n) is 4.15. The molecule has 23 heavy (non-hydrogen) atoms. The lowest BCUT2D eigenvalue weighted by molar-refractivity contribution is 0.0730. The molecule has 0 saturated carbocycles. The fourth-order valence-corrected chi connectivity index (χ4v) is 3.36. The minimum atomic E-state index is -0.499. The highest BCUT2D eigenvalue weighted by Gasteiger charge is 2.31. The maximum Gasteiger partial charge on any atom is 0.257 e. The summed E-state index contributed by atoms with van der Waals surface area (Å²) in [6.45, 7) is 0.635. The van der Waals surface area contributed by atoms with Gasteiger partial charge in [0, 0.05) is 11.0 Å². The summed E-state index contributed by atoms with van der Waals surface area (Å²) in [5.74, 6) is -0.00221. The second kappa shape index (κ2) is 6.71. The van der Waals surface area contributed by atoms with E-state index in [1.807, 2.05) is 24.3 Å². The molecule has 1 fully saturated rings. The first-order chi connectivity index (χ1) is 11.1. The zero-order valence-electron chi connectivity index (χ0n) is 12.8. The number of nitrogens with zero attached hydrogens (tertiary/aromatic N) is 1. The smallest absolute Gasteiger partial charge is 0.257 e. The minimum absolute atomic E-state index is 0.0411. The van der Waals surface area contributed by atoms with Crippen LogP contribution in [0.25, 0.3) is 0 Å². The molecule has 1 atom stereocenters. The van der Waals surface area contributed by atoms with E-state index in [2.05, 4.69) is 15.9 Å². The van der Waals surface area contributed by atoms with E-state index in [0.29, 0.717) is 11.0 Å². The Morgan fingerprint density at radius 1 is 1.30 bits per heavy atom. The van der Waals surface area contributed by atoms with Crippen LogP contribution in [0.2, 0.25) is 0 Å². The molecule has 0 aromatic heterocycles. The van der Waals surface area contributed by atoms with E-state index in [4.69, 9.17) is 4.74 Å². The molecule has 3 nitrogen and oxygen atoms in total. The average Bonchev–Trinajstić information content (AvgIpc) is 3.04. The molecule has 0 aliphatic carbocycles. The zero-order chi connectivity index (χ0) is 16.4. The van der Waals surface area contributed by atoms with Gasteiger partial charge in [0.05, 0.1) is 18.7 Å². The van der Waals surface area contributed by atoms with Crippen LogP contribution in [0.5, 0.6) is 5.75 Å². The third kappa shape index (κ3) is 3.24. The number of hydrogen-bond acceptors (Lipinski definition) is 2. The van der Waals surface area contributed by atoms with Crippen LogP contribution in [-0.2, 0) is 0 Å². The van der Waals surface area contributed by atoms with Crippen molar-refractivity contribution in [2.45, 2.75) is 18.9 Å². The van der Waals surface area contributed by atoms with Crippen molar-refractivity contribution in [2.75, 3.05) is 13.7 Å². The maximum atomic E-state index is 14.1. The van der Waals surface area contributed by atoms with Gasteiger partial charge in [0.25, 0.3) is 5.91 Å². The summed E-state index contributed by atoms with van der Waals surface area (Å²) >= 11 is 3.21. The van der Waals surface area contributed by atoms with E-state index in [-0.39, 0.29) is 17.5 Å². The number of methoxy groups -OCH3 is 1. The molecule has 5 heteroatoms. The number of hydrogen-bond donors (Lipinski definition) is 0. The topological polar surface area (TPSA) is 29.5 Å². The first-order valence-corrected chi connectivity index (χ1v) is 8.29. The summed E-state index contributed by atoms with van der Waals surface area (Å²) in [4.78, 5) is 14.5. The van der Waals surface area contributed by atoms with Crippen LogP contribution < -0.4 is 4.74 Å². The number of halogens is 2. The quantitative estimate of drug-likeness (QED) is 0.783. The lowest BCUT2D eigenvalue weighted by Crippen LogP contribution is -2.31. The molecule has 1 saturated heterocycles. The van der Waals surface area contributed by atoms with Crippen molar-refractivity contribution in [3.8, 4) is 5.75 Å². The van der Waals surface area contributed by atoms with Crippen LogP contribution in [-0.4, -0.2) is 24.5 Å². The predicted molar refractivity (Wildman–Crippen MR) is 90.1 cm³/mol. The standard InChI is InChI=1S/C18H17BrFNO2/c1-23-14-5-2-4-12(10-14)17-6-3-9-21(17)18(22)15-8-7-13(19)11-16(15)20/h2,4-5,7-8,10-11,17H,3,6,9H2,1H3/t17-/m1/s1. The van der Waals surface area contributed by atoms with E-state index in [1.54, 1.807) is 18.1 Å². The Balaban J connectivity index is 1.90. The molecule has 0 N–H and O–H groups in total. The highest BCUT2D eigenvalue weighted by Crippen LogP contribution is 2.35. The number of benzene rings is 2. The van der Waals surface area contributed by atoms with Crippen LogP contribution >= 0.6 is 15.9 Å². The molecule has 1 aliphatic heterocycles. The van der Waals surface area contributed by atoms with Crippen LogP contribution in [0.15, 0.2) is 46.9 Å². The van der Waals surface area contributed by atoms with Crippen molar-refractivity contribution in [1.82, 2.24) is 4.90 Å². The van der Waals surface area contributed by atoms with Crippen molar-refractivity contribution in [3.05, 3.63) is 63.9 Å². The van der Waals surface area contributed by atoms with Gasteiger partial charge in [-0.3, -0.25) is 4.79 Å². The number of carbonyl (C=O) groups is 1. The van der Waals surface area contributed by atoms with E-state index in [1.165, 1.54) is 12.1 Å². The number of amides is 1. The summed E-state index contributed by atoms with van der Waals surface area (Å²) in [6, 6.07) is 12.2. The molecule has 0 unspecified atom stereocenters. The number of rotatable bonds is 3. The summed E-state index contributed by atoms with van der Waals surface area (Å²) in [5, 5.41) is 0. The van der Waals surface area contributed by atoms with Crippen LogP contribution in [0, 0.1) is 5.82 Å². The molecule has 3 rings (SSSR count). The van der Waals surface area contributed by atoms with Crippen molar-refractivity contribution in [1.29, 1.82) is 0 Å². The number of ether oxygens (including phenoxy) is 1. The second-order valence-electron chi connectivity index (χ2n) is 5.56. The molecule has 120 valence electrons. The maximum absolute atomic E-state index is 14.1. The van der Waals surface area contributed by atoms with Crippen molar-refractivity contribution in [3.63, 3.8) is 0 Å². The van der Waals surface area contributed by atoms with Gasteiger partial charge in [0.2, 0.25) is 0 Å². The molecule has 2 aromatic carbocycles. The third-order valence-corrected chi connectivity index (χ3v) is 4.65. The summed E-state index contributed by atoms with van der Waals surface area (Å²) in [6.07, 6.45) is 1.78. The largest absolute Gasteiger partial charge is 0.497 e. The lowest BCUT2D eigenvalue weighted by atomic mass is 10.0. The molecule has 2 aromatic rings. The number of likely N-dealkylation sites (tertiary alicyclic amines) is 1. The van der Waals surface area contributed by atoms with Gasteiger partial charge in [0.1, 0.15) is 11.6 Å². The normalized spacial score (nSPS) is 17.3. The molecule has 0 radical (unpaired) electrons. The second-order valence-corrected chi connectivity index (χ2v) is 6.47. The van der Waals surface area contributed by atoms with E-state index in [0.717, 1.165) is 24.2 Å². The molecule has 1 aliphatic rings. The van der Waals surface area contributed by atoms with Gasteiger partial charge in [-0.25, -0.2) is 4.39 Å². The van der Waals surface area contributed by atoms with Gasteiger partial charge in [-0.15, -0.1) is 0 Å². The monoisotopic (exact) mass is 377 g/mol. The van der Waals surface area contributed by atoms with Crippen LogP contribution in [0.3, 0.4) is 0 Å². The Bertz CT molecular complexity index is 735. The molecule has 1 amide bonds. The Kier molecular flexibility index (Phi) is 4.66. The van der Waals surface area contributed by atoms with E-state index >= 15 is 0 Å². The Hall–Kier alpha value is -1.88. The van der Waals surface area contributed by atoms with Crippen LogP contribution in [0.1, 0.15) is 34.8 Å². The fourth-order valence-electron chi connectivity index (χ4n) is 3.02. The van der Waals surface area contributed by atoms with E-state index in [9.17, 15) is 9.18 Å². The van der Waals surface area contributed by atoms with Crippen molar-refractivity contribution >= 4 is 21.8 Å². The first-order valence-electron chi connectivity index (χ1n) is 7.50. The zero-order valence-corrected chi connectivity index (χ0v) is 14.3. The Labute approximate surface area is 143 Å². The molecule has 0 spiro atoms. The minimum Gasteiger partial charge on any atom is -0.497 e. The van der Waals surface area contributed by atoms with Crippen LogP contribution in [0.4, 0.5) is 4.39 Å². The molecular formula is C18H17BrFNO2. The summed E-state index contributed by atoms with van der Waals surface area (Å²) in [7, 11) is 1.62. The van der Waals surface area contributed by atoms with Crippen molar-refractivity contribution < 1.29 is 13.9 Å². The summed E-state index contributed by atoms with van der Waals surface area (Å²) < 4.78 is 20.0. The van der Waals surface area contributed by atoms with Gasteiger partial charge < -0.3 is 9.64 Å². The van der Waals surface area contributed by atoms with Gasteiger partial charge in [-0.2, -0.15) is 0 Å². The average molecular weight is 378 g/mol. The number of carbonyl (C=O) groups excluding carboxylic acids is 1. The summed E-state index contributed by atoms with van der Waals surface area (Å²) in [5.41, 5.74) is 1.13. The SMILES string of the molecule is COc1cccc([C@H]2CCCN2C(=O)c2ccc(Br)cc2F)c1. The predicted octanol–water partition coefficient (Wildman–Crippen LogP) is 4.57. The van der Waals surface area contributed by atoms with E-state index < -0.39 is 5.82 Å². The van der Waals surface area contributed by atoms with Gasteiger partial charge >= 0.3 is 0 Å². The Morgan fingerprint density at radius 2 is 2.13 bits per heavy atom. The lowest BCUT2D eigenvalue weighted by Gasteiger charge is -2.25. The molecule has 1 heterocycles. The van der Waals surface area contributed by atoms with Gasteiger partial charge in [0.15, 0.2) is 0 Å². The van der Waals surface area contributed by atoms with Gasteiger partial charge in [-0.05, 0) is 48.7 Å². The fraction of sp³-hybridized carbons (Fsp3) is 0.278. The molecule has 0 bridgehead atoms. The Morgan fingerprint density at radius 3 is 2.87 bits per heavy atom. The molecular weight excluding hydrogens is 361 g/mol. The van der Waals surface area contributed by atoms with Gasteiger partial charge in [-0.1, -0.05) is 28.1 Å². The first kappa shape index (κ1) is 16.0. The van der Waals surface area contributed by atoms with Crippen molar-refractivity contribution in [2.24, 2.45) is 0 Å².